The summed E-state index contributed by atoms with van der Waals surface area (Å²) in [7, 11) is 0. The molecule has 0 aliphatic heterocycles. The molecule has 5 heterocycles. The van der Waals surface area contributed by atoms with Gasteiger partial charge in [-0.05, 0) is 85.0 Å². The van der Waals surface area contributed by atoms with Crippen molar-refractivity contribution in [2.75, 3.05) is 24.0 Å². The third-order valence-electron chi connectivity index (χ3n) is 9.10. The summed E-state index contributed by atoms with van der Waals surface area (Å²) in [5, 5.41) is 104. The van der Waals surface area contributed by atoms with E-state index in [9.17, 15) is 50.0 Å². The number of carbonyl (C=O) groups excluding carboxylic acids is 4. The standard InChI is InChI=1S/C37H27N19O9S2.5Li/c1-13-22(45-47-27-21(12-38)29(66-4)51-53(27)19-8-15(31(57)58)6-16(9-19)32(59)60)25(39)55(49-13)35-42-36(44-37(65)43-35)56-26(40)23(14(2)50-56)46-48-28-24(41-3)30(67-5)52-54(28)20-10-17(33(61)62)7-18(11-20)34(63)64;;;;;/h6-11H,39-40H2,1-2,4-5H3,(H,57,58)(H,59,60)(H,61,62)(H,63,64)(H,42,43,44,65);;;;;/q;5*+1/p-5. The Labute approximate surface area is 472 Å². The molecule has 0 saturated heterocycles. The van der Waals surface area contributed by atoms with E-state index in [1.54, 1.807) is 12.5 Å². The molecule has 0 radical (unpaired) electrons. The first-order valence-corrected chi connectivity index (χ1v) is 20.6. The van der Waals surface area contributed by atoms with Gasteiger partial charge in [-0.15, -0.1) is 44.0 Å². The first-order chi connectivity index (χ1) is 31.9. The molecule has 0 aliphatic rings. The van der Waals surface area contributed by atoms with Gasteiger partial charge in [0, 0.05) is 0 Å². The minimum Gasteiger partial charge on any atom is -0.844 e. The number of hydrogen-bond donors (Lipinski definition) is 2. The molecule has 0 bridgehead atoms. The maximum Gasteiger partial charge on any atom is 1.00 e. The summed E-state index contributed by atoms with van der Waals surface area (Å²) in [5.74, 6) is -8.85. The van der Waals surface area contributed by atoms with Crippen LogP contribution in [0.1, 0.15) is 58.4 Å². The largest absolute Gasteiger partial charge is 1.00 e. The van der Waals surface area contributed by atoms with Gasteiger partial charge in [-0.3, -0.25) is 0 Å². The number of aromatic nitrogens is 11. The number of carboxylic acid groups (broad SMARTS) is 4. The van der Waals surface area contributed by atoms with Crippen molar-refractivity contribution in [2.24, 2.45) is 20.5 Å². The summed E-state index contributed by atoms with van der Waals surface area (Å²) in [5.41, 5.74) is 10.1. The molecule has 0 saturated carbocycles. The van der Waals surface area contributed by atoms with Crippen molar-refractivity contribution in [1.29, 1.82) is 5.26 Å². The van der Waals surface area contributed by atoms with Crippen LogP contribution in [0.5, 0.6) is 6.01 Å². The summed E-state index contributed by atoms with van der Waals surface area (Å²) in [4.78, 5) is 62.2. The molecule has 0 fully saturated rings. The van der Waals surface area contributed by atoms with Gasteiger partial charge in [0.25, 0.3) is 17.6 Å². The van der Waals surface area contributed by atoms with Crippen LogP contribution < -0.4 is 131 Å². The van der Waals surface area contributed by atoms with Crippen LogP contribution >= 0.6 is 23.5 Å². The van der Waals surface area contributed by atoms with Crippen LogP contribution in [0.2, 0.25) is 0 Å². The Morgan fingerprint density at radius 1 is 0.611 bits per heavy atom. The van der Waals surface area contributed by atoms with E-state index < -0.39 is 64.0 Å². The summed E-state index contributed by atoms with van der Waals surface area (Å²) in [6, 6.07) is 6.65. The number of carboxylic acids is 4. The molecule has 4 N–H and O–H groups in total. The third-order valence-corrected chi connectivity index (χ3v) is 10.4. The van der Waals surface area contributed by atoms with Crippen molar-refractivity contribution in [2.45, 2.75) is 23.9 Å². The maximum absolute atomic E-state index is 12.9. The van der Waals surface area contributed by atoms with Crippen LogP contribution in [0.3, 0.4) is 0 Å². The normalized spacial score (nSPS) is 10.5. The summed E-state index contributed by atoms with van der Waals surface area (Å²) >= 11 is 2.06. The molecular formula is C37H22Li5N19O9S2. The van der Waals surface area contributed by atoms with E-state index in [2.05, 4.69) is 60.6 Å². The average molecular weight is 976 g/mol. The predicted octanol–water partition coefficient (Wildman–Crippen LogP) is -15.4. The zero-order chi connectivity index (χ0) is 48.6. The smallest absolute Gasteiger partial charge is 0.844 e. The van der Waals surface area contributed by atoms with Gasteiger partial charge < -0.3 is 56.2 Å². The molecule has 28 nitrogen and oxygen atoms in total. The fraction of sp³-hybridized carbons (Fsp3) is 0.108. The van der Waals surface area contributed by atoms with Crippen molar-refractivity contribution in [3.05, 3.63) is 87.0 Å². The van der Waals surface area contributed by atoms with Gasteiger partial charge in [-0.2, -0.15) is 40.0 Å². The number of nitrogen functional groups attached to an aromatic ring is 2. The van der Waals surface area contributed by atoms with Crippen molar-refractivity contribution < 1.29 is 139 Å². The van der Waals surface area contributed by atoms with Crippen molar-refractivity contribution >= 4 is 87.7 Å². The molecule has 7 aromatic rings. The number of hydrogen-bond acceptors (Lipinski definition) is 25. The molecule has 0 unspecified atom stereocenters. The topological polar surface area (TPSA) is 423 Å². The number of benzene rings is 2. The Morgan fingerprint density at radius 2 is 0.986 bits per heavy atom. The number of thioether (sulfide) groups is 2. The molecule has 0 amide bonds. The van der Waals surface area contributed by atoms with Gasteiger partial charge in [0.05, 0.1) is 59.2 Å². The first-order valence-electron chi connectivity index (χ1n) is 18.1. The zero-order valence-corrected chi connectivity index (χ0v) is 40.8. The van der Waals surface area contributed by atoms with Crippen LogP contribution in [0.4, 0.5) is 40.3 Å². The van der Waals surface area contributed by atoms with Crippen LogP contribution in [0.15, 0.2) is 66.9 Å². The fourth-order valence-electron chi connectivity index (χ4n) is 6.07. The van der Waals surface area contributed by atoms with Gasteiger partial charge >= 0.3 is 94.3 Å². The number of aryl methyl sites for hydroxylation is 2. The van der Waals surface area contributed by atoms with E-state index in [1.807, 2.05) is 6.07 Å². The van der Waals surface area contributed by atoms with Gasteiger partial charge in [0.15, 0.2) is 34.6 Å². The van der Waals surface area contributed by atoms with E-state index in [-0.39, 0.29) is 173 Å². The van der Waals surface area contributed by atoms with Gasteiger partial charge in [0.2, 0.25) is 0 Å². The number of nitrogens with zero attached hydrogens (tertiary/aromatic N) is 17. The second-order valence-corrected chi connectivity index (χ2v) is 14.8. The second kappa shape index (κ2) is 25.2. The number of azo groups is 2. The van der Waals surface area contributed by atoms with Crippen molar-refractivity contribution in [3.8, 4) is 35.4 Å². The predicted molar refractivity (Wildman–Crippen MR) is 219 cm³/mol. The number of rotatable bonds is 14. The van der Waals surface area contributed by atoms with Crippen LogP contribution in [-0.2, 0) is 0 Å². The molecule has 35 heteroatoms. The SMILES string of the molecule is [C-]#[N+]c1c(SC)nn(-c2cc(C(=O)[O-])cc(C(=O)[O-])c2)c1N=Nc1c(C)nn(-c2nc([O-])nc(-n3nc(C)c(N=Nc4c(C#N)c(SC)nn4-c4cc(C(=O)[O-])cc(C(=O)[O-])c4)c3N)n2)c1N.[Li+].[Li+].[Li+].[Li+].[Li+]. The third kappa shape index (κ3) is 12.0. The van der Waals surface area contributed by atoms with Crippen LogP contribution in [0, 0.1) is 31.8 Å². The van der Waals surface area contributed by atoms with E-state index in [4.69, 9.17) is 18.0 Å². The Balaban J connectivity index is 0.00000355. The first kappa shape index (κ1) is 61.6. The molecule has 0 atom stereocenters. The van der Waals surface area contributed by atoms with Crippen LogP contribution in [0.25, 0.3) is 28.1 Å². The molecule has 7 rings (SSSR count). The average Bonchev–Trinajstić information content (AvgIpc) is 4.02. The Bertz CT molecular complexity index is 3150. The summed E-state index contributed by atoms with van der Waals surface area (Å²) in [6.45, 7) is 10.7. The van der Waals surface area contributed by atoms with E-state index >= 15 is 0 Å². The minimum atomic E-state index is -1.71. The number of aromatic carboxylic acids is 4. The molecule has 5 aromatic heterocycles. The molecule has 336 valence electrons. The molecular weight excluding hydrogens is 953 g/mol. The zero-order valence-electron chi connectivity index (χ0n) is 39.2. The Hall–Kier alpha value is -6.56. The van der Waals surface area contributed by atoms with E-state index in [0.717, 1.165) is 78.6 Å². The Morgan fingerprint density at radius 3 is 1.35 bits per heavy atom. The molecule has 0 aliphatic carbocycles. The van der Waals surface area contributed by atoms with E-state index in [1.165, 1.54) is 13.8 Å². The van der Waals surface area contributed by atoms with E-state index in [0.29, 0.717) is 0 Å². The maximum atomic E-state index is 12.9. The molecule has 72 heavy (non-hydrogen) atoms. The minimum absolute atomic E-state index is 0. The Kier molecular flexibility index (Phi) is 21.5. The van der Waals surface area contributed by atoms with Crippen LogP contribution in [-0.4, -0.2) is 90.5 Å². The van der Waals surface area contributed by atoms with Gasteiger partial charge in [-0.25, -0.2) is 24.2 Å². The number of carbonyl (C=O) groups is 4. The number of anilines is 2. The summed E-state index contributed by atoms with van der Waals surface area (Å²) in [6.07, 6.45) is 3.19. The molecule has 2 aromatic carbocycles. The summed E-state index contributed by atoms with van der Waals surface area (Å²) < 4.78 is 3.80. The fourth-order valence-corrected chi connectivity index (χ4v) is 7.07. The van der Waals surface area contributed by atoms with Gasteiger partial charge in [0.1, 0.15) is 21.7 Å². The van der Waals surface area contributed by atoms with Crippen molar-refractivity contribution in [1.82, 2.24) is 54.1 Å². The van der Waals surface area contributed by atoms with Gasteiger partial charge in [-0.1, -0.05) is 0 Å². The quantitative estimate of drug-likeness (QED) is 0.0442. The monoisotopic (exact) mass is 975 g/mol. The number of nitriles is 1. The second-order valence-electron chi connectivity index (χ2n) is 13.2. The van der Waals surface area contributed by atoms with Crippen molar-refractivity contribution in [3.63, 3.8) is 0 Å². The number of nitrogens with two attached hydrogens (primary N) is 2. The molecule has 0 spiro atoms.